The molecule has 0 atom stereocenters. The molecule has 1 saturated heterocycles. The standard InChI is InChI=1S/C11H16IN3OS.HI/c12-10-2-1-9(17-10)3-4-14-11(13)15-5-7-16-8-6-15;/h1-2H,3-8H2,(H2,13,14);1H. The van der Waals surface area contributed by atoms with E-state index in [-0.39, 0.29) is 24.0 Å². The number of hydrogen-bond acceptors (Lipinski definition) is 3. The van der Waals surface area contributed by atoms with Crippen molar-refractivity contribution in [3.63, 3.8) is 0 Å². The molecule has 1 aliphatic heterocycles. The van der Waals surface area contributed by atoms with Crippen molar-refractivity contribution in [2.24, 2.45) is 10.7 Å². The highest BCUT2D eigenvalue weighted by molar-refractivity contribution is 14.1. The van der Waals surface area contributed by atoms with Crippen LogP contribution in [-0.2, 0) is 11.2 Å². The van der Waals surface area contributed by atoms with Crippen LogP contribution < -0.4 is 5.73 Å². The molecule has 0 saturated carbocycles. The average molecular weight is 493 g/mol. The lowest BCUT2D eigenvalue weighted by Crippen LogP contribution is -2.44. The first kappa shape index (κ1) is 16.4. The smallest absolute Gasteiger partial charge is 0.191 e. The van der Waals surface area contributed by atoms with E-state index in [1.54, 1.807) is 0 Å². The van der Waals surface area contributed by atoms with Crippen LogP contribution in [0.4, 0.5) is 0 Å². The molecule has 0 radical (unpaired) electrons. The lowest BCUT2D eigenvalue weighted by atomic mass is 10.3. The summed E-state index contributed by atoms with van der Waals surface area (Å²) >= 11 is 4.15. The van der Waals surface area contributed by atoms with Crippen LogP contribution in [0.3, 0.4) is 0 Å². The fourth-order valence-corrected chi connectivity index (χ4v) is 3.40. The lowest BCUT2D eigenvalue weighted by Gasteiger charge is -2.27. The third kappa shape index (κ3) is 5.17. The van der Waals surface area contributed by atoms with Crippen molar-refractivity contribution in [3.8, 4) is 0 Å². The van der Waals surface area contributed by atoms with E-state index in [1.807, 2.05) is 11.3 Å². The molecule has 7 heteroatoms. The van der Waals surface area contributed by atoms with Gasteiger partial charge >= 0.3 is 0 Å². The van der Waals surface area contributed by atoms with Crippen LogP contribution in [0.15, 0.2) is 17.1 Å². The first-order chi connectivity index (χ1) is 8.25. The quantitative estimate of drug-likeness (QED) is 0.399. The normalized spacial score (nSPS) is 16.5. The maximum Gasteiger partial charge on any atom is 0.191 e. The zero-order valence-electron chi connectivity index (χ0n) is 9.97. The molecule has 18 heavy (non-hydrogen) atoms. The summed E-state index contributed by atoms with van der Waals surface area (Å²) in [6.45, 7) is 3.97. The molecule has 0 amide bonds. The van der Waals surface area contributed by atoms with Crippen LogP contribution in [0.2, 0.25) is 0 Å². The van der Waals surface area contributed by atoms with Crippen LogP contribution in [-0.4, -0.2) is 43.7 Å². The van der Waals surface area contributed by atoms with E-state index in [2.05, 4.69) is 44.6 Å². The van der Waals surface area contributed by atoms with Crippen LogP contribution in [0.25, 0.3) is 0 Å². The van der Waals surface area contributed by atoms with Gasteiger partial charge in [-0.3, -0.25) is 4.99 Å². The van der Waals surface area contributed by atoms with Crippen molar-refractivity contribution < 1.29 is 4.74 Å². The Morgan fingerprint density at radius 3 is 2.78 bits per heavy atom. The number of thiophene rings is 1. The van der Waals surface area contributed by atoms with Gasteiger partial charge in [0.2, 0.25) is 0 Å². The summed E-state index contributed by atoms with van der Waals surface area (Å²) in [5.41, 5.74) is 5.94. The molecule has 1 aliphatic rings. The molecule has 2 N–H and O–H groups in total. The zero-order chi connectivity index (χ0) is 12.1. The molecule has 0 bridgehead atoms. The monoisotopic (exact) mass is 493 g/mol. The van der Waals surface area contributed by atoms with Crippen LogP contribution in [0.1, 0.15) is 4.88 Å². The van der Waals surface area contributed by atoms with E-state index in [4.69, 9.17) is 10.5 Å². The molecule has 1 fully saturated rings. The topological polar surface area (TPSA) is 50.8 Å². The van der Waals surface area contributed by atoms with Gasteiger partial charge in [0.15, 0.2) is 5.96 Å². The molecule has 0 aliphatic carbocycles. The van der Waals surface area contributed by atoms with Gasteiger partial charge in [0.1, 0.15) is 0 Å². The van der Waals surface area contributed by atoms with E-state index in [0.29, 0.717) is 5.96 Å². The van der Waals surface area contributed by atoms with Crippen molar-refractivity contribution in [2.75, 3.05) is 32.8 Å². The van der Waals surface area contributed by atoms with Gasteiger partial charge in [-0.15, -0.1) is 35.3 Å². The second-order valence-electron chi connectivity index (χ2n) is 3.80. The molecule has 2 heterocycles. The number of aliphatic imine (C=N–C) groups is 1. The van der Waals surface area contributed by atoms with Crippen molar-refractivity contribution in [1.29, 1.82) is 0 Å². The molecular formula is C11H17I2N3OS. The molecule has 4 nitrogen and oxygen atoms in total. The van der Waals surface area contributed by atoms with Gasteiger partial charge in [0, 0.05) is 30.9 Å². The Morgan fingerprint density at radius 1 is 1.44 bits per heavy atom. The third-order valence-electron chi connectivity index (χ3n) is 2.60. The molecule has 0 unspecified atom stereocenters. The molecule has 0 spiro atoms. The largest absolute Gasteiger partial charge is 0.378 e. The predicted molar refractivity (Wildman–Crippen MR) is 95.0 cm³/mol. The Kier molecular flexibility index (Phi) is 7.80. The number of hydrogen-bond donors (Lipinski definition) is 1. The fraction of sp³-hybridized carbons (Fsp3) is 0.545. The number of ether oxygens (including phenoxy) is 1. The van der Waals surface area contributed by atoms with Crippen molar-refractivity contribution in [3.05, 3.63) is 19.9 Å². The summed E-state index contributed by atoms with van der Waals surface area (Å²) in [7, 11) is 0. The Bertz CT molecular complexity index is 391. The van der Waals surface area contributed by atoms with Crippen molar-refractivity contribution >= 4 is 63.9 Å². The minimum Gasteiger partial charge on any atom is -0.378 e. The van der Waals surface area contributed by atoms with Crippen LogP contribution in [0, 0.1) is 2.88 Å². The fourth-order valence-electron chi connectivity index (χ4n) is 1.66. The predicted octanol–water partition coefficient (Wildman–Crippen LogP) is 2.16. The van der Waals surface area contributed by atoms with E-state index >= 15 is 0 Å². The number of guanidine groups is 1. The SMILES string of the molecule is I.NC(=NCCc1ccc(I)s1)N1CCOCC1. The van der Waals surface area contributed by atoms with Gasteiger partial charge in [-0.2, -0.15) is 0 Å². The van der Waals surface area contributed by atoms with Gasteiger partial charge < -0.3 is 15.4 Å². The summed E-state index contributed by atoms with van der Waals surface area (Å²) in [5.74, 6) is 0.652. The van der Waals surface area contributed by atoms with Crippen molar-refractivity contribution in [1.82, 2.24) is 4.90 Å². The number of halogens is 2. The van der Waals surface area contributed by atoms with Crippen molar-refractivity contribution in [2.45, 2.75) is 6.42 Å². The number of nitrogens with zero attached hydrogens (tertiary/aromatic N) is 2. The highest BCUT2D eigenvalue weighted by Gasteiger charge is 2.11. The van der Waals surface area contributed by atoms with E-state index < -0.39 is 0 Å². The number of nitrogens with two attached hydrogens (primary N) is 1. The highest BCUT2D eigenvalue weighted by atomic mass is 127. The average Bonchev–Trinajstić information content (AvgIpc) is 2.76. The molecule has 2 rings (SSSR count). The third-order valence-corrected chi connectivity index (χ3v) is 4.55. The zero-order valence-corrected chi connectivity index (χ0v) is 15.3. The Morgan fingerprint density at radius 2 is 2.17 bits per heavy atom. The molecular weight excluding hydrogens is 476 g/mol. The second kappa shape index (κ2) is 8.54. The molecule has 102 valence electrons. The minimum absolute atomic E-state index is 0. The van der Waals surface area contributed by atoms with E-state index in [1.165, 1.54) is 7.76 Å². The lowest BCUT2D eigenvalue weighted by molar-refractivity contribution is 0.0674. The summed E-state index contributed by atoms with van der Waals surface area (Å²) in [6, 6.07) is 4.29. The minimum atomic E-state index is 0. The van der Waals surface area contributed by atoms with Gasteiger partial charge in [-0.05, 0) is 34.7 Å². The van der Waals surface area contributed by atoms with Crippen LogP contribution in [0.5, 0.6) is 0 Å². The number of morpholine rings is 1. The Hall–Kier alpha value is 0.390. The Balaban J connectivity index is 0.00000162. The van der Waals surface area contributed by atoms with E-state index in [0.717, 1.165) is 39.3 Å². The first-order valence-electron chi connectivity index (χ1n) is 5.62. The summed E-state index contributed by atoms with van der Waals surface area (Å²) in [5, 5.41) is 0. The maximum absolute atomic E-state index is 5.94. The summed E-state index contributed by atoms with van der Waals surface area (Å²) in [4.78, 5) is 7.87. The summed E-state index contributed by atoms with van der Waals surface area (Å²) in [6.07, 6.45) is 0.971. The van der Waals surface area contributed by atoms with E-state index in [9.17, 15) is 0 Å². The number of rotatable bonds is 3. The van der Waals surface area contributed by atoms with Crippen LogP contribution >= 0.6 is 57.9 Å². The highest BCUT2D eigenvalue weighted by Crippen LogP contribution is 2.18. The maximum atomic E-state index is 5.94. The first-order valence-corrected chi connectivity index (χ1v) is 7.52. The summed E-state index contributed by atoms with van der Waals surface area (Å²) < 4.78 is 6.60. The Labute approximate surface area is 142 Å². The molecule has 1 aromatic heterocycles. The molecule has 1 aromatic rings. The van der Waals surface area contributed by atoms with Gasteiger partial charge in [-0.25, -0.2) is 0 Å². The van der Waals surface area contributed by atoms with Gasteiger partial charge in [0.25, 0.3) is 0 Å². The van der Waals surface area contributed by atoms with Gasteiger partial charge in [0.05, 0.1) is 16.1 Å². The van der Waals surface area contributed by atoms with Gasteiger partial charge in [-0.1, -0.05) is 0 Å². The second-order valence-corrected chi connectivity index (χ2v) is 6.86. The molecule has 0 aromatic carbocycles.